The van der Waals surface area contributed by atoms with E-state index in [1.54, 1.807) is 0 Å². The summed E-state index contributed by atoms with van der Waals surface area (Å²) in [6.07, 6.45) is 4.96. The molecule has 0 aromatic carbocycles. The van der Waals surface area contributed by atoms with Gasteiger partial charge in [-0.05, 0) is 19.8 Å². The van der Waals surface area contributed by atoms with Gasteiger partial charge in [-0.15, -0.1) is 0 Å². The highest BCUT2D eigenvalue weighted by Gasteiger charge is 2.38. The molecule has 1 saturated carbocycles. The Morgan fingerprint density at radius 3 is 2.78 bits per heavy atom. The van der Waals surface area contributed by atoms with Crippen molar-refractivity contribution in [2.45, 2.75) is 51.1 Å². The Morgan fingerprint density at radius 2 is 2.17 bits per heavy atom. The van der Waals surface area contributed by atoms with Gasteiger partial charge in [-0.2, -0.15) is 0 Å². The average Bonchev–Trinajstić information content (AvgIpc) is 2.97. The van der Waals surface area contributed by atoms with Crippen molar-refractivity contribution in [3.63, 3.8) is 0 Å². The second-order valence-electron chi connectivity index (χ2n) is 5.53. The summed E-state index contributed by atoms with van der Waals surface area (Å²) in [5, 5.41) is 2.86. The zero-order valence-corrected chi connectivity index (χ0v) is 11.0. The van der Waals surface area contributed by atoms with E-state index in [2.05, 4.69) is 5.32 Å². The van der Waals surface area contributed by atoms with Crippen LogP contribution < -0.4 is 11.1 Å². The molecule has 1 aliphatic carbocycles. The molecule has 102 valence electrons. The molecule has 18 heavy (non-hydrogen) atoms. The number of carbonyl (C=O) groups excluding carboxylic acids is 2. The Hall–Kier alpha value is -1.10. The fourth-order valence-corrected chi connectivity index (χ4v) is 2.90. The topological polar surface area (TPSA) is 75.4 Å². The largest absolute Gasteiger partial charge is 0.352 e. The van der Waals surface area contributed by atoms with E-state index in [1.165, 1.54) is 12.8 Å². The maximum Gasteiger partial charge on any atom is 0.225 e. The number of carbonyl (C=O) groups is 2. The van der Waals surface area contributed by atoms with E-state index in [0.717, 1.165) is 12.8 Å². The zero-order chi connectivity index (χ0) is 13.1. The van der Waals surface area contributed by atoms with Gasteiger partial charge in [0.1, 0.15) is 0 Å². The number of likely N-dealkylation sites (tertiary alicyclic amines) is 1. The van der Waals surface area contributed by atoms with Crippen molar-refractivity contribution < 1.29 is 9.59 Å². The number of amides is 2. The maximum absolute atomic E-state index is 12.0. The fraction of sp³-hybridized carbons (Fsp3) is 0.846. The van der Waals surface area contributed by atoms with Crippen molar-refractivity contribution in [3.05, 3.63) is 0 Å². The first-order chi connectivity index (χ1) is 8.61. The van der Waals surface area contributed by atoms with Crippen LogP contribution in [0, 0.1) is 5.92 Å². The predicted molar refractivity (Wildman–Crippen MR) is 68.7 cm³/mol. The summed E-state index contributed by atoms with van der Waals surface area (Å²) >= 11 is 0. The predicted octanol–water partition coefficient (Wildman–Crippen LogP) is 0.241. The van der Waals surface area contributed by atoms with E-state index in [9.17, 15) is 9.59 Å². The molecule has 1 aliphatic heterocycles. The Balaban J connectivity index is 1.89. The number of hydrogen-bond donors (Lipinski definition) is 2. The fourth-order valence-electron chi connectivity index (χ4n) is 2.90. The van der Waals surface area contributed by atoms with E-state index in [0.29, 0.717) is 25.6 Å². The van der Waals surface area contributed by atoms with Gasteiger partial charge in [-0.1, -0.05) is 12.8 Å². The molecule has 2 aliphatic rings. The summed E-state index contributed by atoms with van der Waals surface area (Å²) in [5.74, 6) is -0.0728. The van der Waals surface area contributed by atoms with Gasteiger partial charge in [0.2, 0.25) is 11.8 Å². The first-order valence-corrected chi connectivity index (χ1v) is 6.91. The molecule has 2 rings (SSSR count). The molecule has 2 fully saturated rings. The molecule has 1 unspecified atom stereocenters. The minimum atomic E-state index is -0.188. The van der Waals surface area contributed by atoms with Crippen LogP contribution in [0.25, 0.3) is 0 Å². The third-order valence-electron chi connectivity index (χ3n) is 4.04. The molecule has 3 N–H and O–H groups in total. The Labute approximate surface area is 108 Å². The van der Waals surface area contributed by atoms with Gasteiger partial charge in [0.05, 0.1) is 5.92 Å². The molecule has 0 radical (unpaired) electrons. The van der Waals surface area contributed by atoms with Crippen molar-refractivity contribution >= 4 is 11.8 Å². The Morgan fingerprint density at radius 1 is 1.50 bits per heavy atom. The molecule has 2 amide bonds. The summed E-state index contributed by atoms with van der Waals surface area (Å²) in [6.45, 7) is 2.90. The Kier molecular flexibility index (Phi) is 4.22. The second kappa shape index (κ2) is 5.69. The van der Waals surface area contributed by atoms with Crippen LogP contribution in [0.4, 0.5) is 0 Å². The molecular formula is C13H23N3O2. The van der Waals surface area contributed by atoms with Crippen molar-refractivity contribution in [1.29, 1.82) is 0 Å². The number of nitrogens with zero attached hydrogens (tertiary/aromatic N) is 1. The van der Waals surface area contributed by atoms with Gasteiger partial charge < -0.3 is 16.0 Å². The second-order valence-corrected chi connectivity index (χ2v) is 5.53. The molecular weight excluding hydrogens is 230 g/mol. The third-order valence-corrected chi connectivity index (χ3v) is 4.04. The first-order valence-electron chi connectivity index (χ1n) is 6.91. The molecule has 2 atom stereocenters. The van der Waals surface area contributed by atoms with Crippen molar-refractivity contribution in [2.75, 3.05) is 13.1 Å². The highest BCUT2D eigenvalue weighted by molar-refractivity contribution is 5.89. The van der Waals surface area contributed by atoms with Crippen LogP contribution in [-0.2, 0) is 9.59 Å². The molecule has 0 aromatic heterocycles. The lowest BCUT2D eigenvalue weighted by atomic mass is 10.1. The monoisotopic (exact) mass is 253 g/mol. The first kappa shape index (κ1) is 13.3. The van der Waals surface area contributed by atoms with Crippen LogP contribution in [0.2, 0.25) is 0 Å². The number of rotatable bonds is 4. The lowest BCUT2D eigenvalue weighted by Crippen LogP contribution is -2.42. The van der Waals surface area contributed by atoms with Gasteiger partial charge in [0.25, 0.3) is 0 Å². The minimum absolute atomic E-state index is 0.0202. The molecule has 1 saturated heterocycles. The highest BCUT2D eigenvalue weighted by atomic mass is 16.2. The molecule has 5 heteroatoms. The summed E-state index contributed by atoms with van der Waals surface area (Å²) in [4.78, 5) is 25.8. The molecule has 5 nitrogen and oxygen atoms in total. The smallest absolute Gasteiger partial charge is 0.225 e. The maximum atomic E-state index is 12.0. The van der Waals surface area contributed by atoms with Crippen molar-refractivity contribution in [2.24, 2.45) is 11.7 Å². The van der Waals surface area contributed by atoms with Gasteiger partial charge in [-0.3, -0.25) is 9.59 Å². The van der Waals surface area contributed by atoms with Crippen LogP contribution in [0.3, 0.4) is 0 Å². The summed E-state index contributed by atoms with van der Waals surface area (Å²) < 4.78 is 0. The lowest BCUT2D eigenvalue weighted by Gasteiger charge is -2.24. The van der Waals surface area contributed by atoms with E-state index in [1.807, 2.05) is 11.8 Å². The van der Waals surface area contributed by atoms with Crippen LogP contribution in [0.1, 0.15) is 39.0 Å². The summed E-state index contributed by atoms with van der Waals surface area (Å²) in [7, 11) is 0. The zero-order valence-electron chi connectivity index (χ0n) is 11.0. The van der Waals surface area contributed by atoms with Gasteiger partial charge in [0.15, 0.2) is 0 Å². The Bertz CT molecular complexity index is 326. The average molecular weight is 253 g/mol. The van der Waals surface area contributed by atoms with Gasteiger partial charge >= 0.3 is 0 Å². The van der Waals surface area contributed by atoms with E-state index in [-0.39, 0.29) is 23.8 Å². The highest BCUT2D eigenvalue weighted by Crippen LogP contribution is 2.29. The SMILES string of the molecule is C[C@@H](CN)NC(=O)C1CC(=O)N(C2CCCC2)C1. The third kappa shape index (κ3) is 2.83. The van der Waals surface area contributed by atoms with Gasteiger partial charge in [-0.25, -0.2) is 0 Å². The van der Waals surface area contributed by atoms with Gasteiger partial charge in [0, 0.05) is 31.6 Å². The normalized spacial score (nSPS) is 26.7. The van der Waals surface area contributed by atoms with E-state index < -0.39 is 0 Å². The standard InChI is InChI=1S/C13H23N3O2/c1-9(7-14)15-13(18)10-6-12(17)16(8-10)11-4-2-3-5-11/h9-11H,2-8,14H2,1H3,(H,15,18)/t9-,10?/m0/s1. The minimum Gasteiger partial charge on any atom is -0.352 e. The van der Waals surface area contributed by atoms with Crippen LogP contribution >= 0.6 is 0 Å². The summed E-state index contributed by atoms with van der Waals surface area (Å²) in [6, 6.07) is 0.357. The lowest BCUT2D eigenvalue weighted by molar-refractivity contribution is -0.130. The van der Waals surface area contributed by atoms with Crippen LogP contribution in [0.5, 0.6) is 0 Å². The number of nitrogens with one attached hydrogen (secondary N) is 1. The molecule has 0 bridgehead atoms. The van der Waals surface area contributed by atoms with E-state index >= 15 is 0 Å². The van der Waals surface area contributed by atoms with E-state index in [4.69, 9.17) is 5.73 Å². The van der Waals surface area contributed by atoms with Crippen LogP contribution in [-0.4, -0.2) is 41.9 Å². The number of hydrogen-bond acceptors (Lipinski definition) is 3. The molecule has 0 spiro atoms. The molecule has 0 aromatic rings. The van der Waals surface area contributed by atoms with Crippen LogP contribution in [0.15, 0.2) is 0 Å². The number of nitrogens with two attached hydrogens (primary N) is 1. The van der Waals surface area contributed by atoms with Crippen molar-refractivity contribution in [3.8, 4) is 0 Å². The summed E-state index contributed by atoms with van der Waals surface area (Å²) in [5.41, 5.74) is 5.48. The molecule has 1 heterocycles. The van der Waals surface area contributed by atoms with Crippen molar-refractivity contribution in [1.82, 2.24) is 10.2 Å². The quantitative estimate of drug-likeness (QED) is 0.753.